The highest BCUT2D eigenvalue weighted by atomic mass is 16.5. The standard InChI is InChI=1S/C28H30N4O4/c1-33-26-18-24-25(19-27(26)35-15-5-12-32-13-16-34-17-14-32)29-20-30-28(24)31-21-8-10-23(11-9-21)36-22-6-3-2-4-7-22/h2-4,6-11,18-20H,5,12-17H2,1H3,(H,29,30,31). The third-order valence-electron chi connectivity index (χ3n) is 6.00. The van der Waals surface area contributed by atoms with Gasteiger partial charge >= 0.3 is 0 Å². The number of nitrogens with zero attached hydrogens (tertiary/aromatic N) is 3. The zero-order valence-electron chi connectivity index (χ0n) is 20.4. The number of nitrogens with one attached hydrogen (secondary N) is 1. The van der Waals surface area contributed by atoms with Crippen molar-refractivity contribution >= 4 is 22.4 Å². The van der Waals surface area contributed by atoms with Crippen molar-refractivity contribution in [3.8, 4) is 23.0 Å². The minimum absolute atomic E-state index is 0.604. The average Bonchev–Trinajstić information content (AvgIpc) is 2.93. The van der Waals surface area contributed by atoms with Gasteiger partial charge in [-0.15, -0.1) is 0 Å². The minimum atomic E-state index is 0.604. The van der Waals surface area contributed by atoms with E-state index in [4.69, 9.17) is 18.9 Å². The van der Waals surface area contributed by atoms with Crippen LogP contribution in [-0.4, -0.2) is 61.4 Å². The Kier molecular flexibility index (Phi) is 7.75. The number of anilines is 2. The Balaban J connectivity index is 1.25. The first-order valence-electron chi connectivity index (χ1n) is 12.1. The molecule has 0 saturated carbocycles. The van der Waals surface area contributed by atoms with Gasteiger partial charge < -0.3 is 24.3 Å². The summed E-state index contributed by atoms with van der Waals surface area (Å²) >= 11 is 0. The normalized spacial score (nSPS) is 13.9. The number of rotatable bonds is 10. The molecule has 36 heavy (non-hydrogen) atoms. The molecule has 1 saturated heterocycles. The average molecular weight is 487 g/mol. The Morgan fingerprint density at radius 1 is 0.917 bits per heavy atom. The second-order valence-corrected chi connectivity index (χ2v) is 8.46. The van der Waals surface area contributed by atoms with Gasteiger partial charge in [0.15, 0.2) is 11.5 Å². The van der Waals surface area contributed by atoms with Crippen LogP contribution in [0.1, 0.15) is 6.42 Å². The lowest BCUT2D eigenvalue weighted by Crippen LogP contribution is -2.37. The lowest BCUT2D eigenvalue weighted by Gasteiger charge is -2.26. The van der Waals surface area contributed by atoms with Gasteiger partial charge in [0.25, 0.3) is 0 Å². The number of hydrogen-bond acceptors (Lipinski definition) is 8. The zero-order chi connectivity index (χ0) is 24.6. The van der Waals surface area contributed by atoms with Gasteiger partial charge in [0.2, 0.25) is 0 Å². The van der Waals surface area contributed by atoms with Gasteiger partial charge in [-0.3, -0.25) is 4.90 Å². The molecular formula is C28H30N4O4. The second-order valence-electron chi connectivity index (χ2n) is 8.46. The number of aromatic nitrogens is 2. The van der Waals surface area contributed by atoms with Crippen molar-refractivity contribution in [1.82, 2.24) is 14.9 Å². The summed E-state index contributed by atoms with van der Waals surface area (Å²) < 4.78 is 23.0. The number of morpholine rings is 1. The van der Waals surface area contributed by atoms with E-state index in [1.54, 1.807) is 13.4 Å². The van der Waals surface area contributed by atoms with Crippen LogP contribution in [-0.2, 0) is 4.74 Å². The maximum Gasteiger partial charge on any atom is 0.163 e. The highest BCUT2D eigenvalue weighted by Crippen LogP contribution is 2.35. The summed E-state index contributed by atoms with van der Waals surface area (Å²) in [5, 5.41) is 4.23. The van der Waals surface area contributed by atoms with Gasteiger partial charge in [0.05, 0.1) is 32.4 Å². The molecule has 4 aromatic rings. The van der Waals surface area contributed by atoms with Crippen molar-refractivity contribution in [2.75, 3.05) is 51.9 Å². The van der Waals surface area contributed by atoms with Crippen LogP contribution < -0.4 is 19.5 Å². The SMILES string of the molecule is COc1cc2c(Nc3ccc(Oc4ccccc4)cc3)ncnc2cc1OCCCN1CCOCC1. The summed E-state index contributed by atoms with van der Waals surface area (Å²) in [6.45, 7) is 5.17. The molecule has 1 aliphatic rings. The zero-order valence-corrected chi connectivity index (χ0v) is 20.4. The molecule has 8 heteroatoms. The van der Waals surface area contributed by atoms with E-state index >= 15 is 0 Å². The molecular weight excluding hydrogens is 456 g/mol. The first-order valence-corrected chi connectivity index (χ1v) is 12.1. The molecule has 186 valence electrons. The summed E-state index contributed by atoms with van der Waals surface area (Å²) in [6.07, 6.45) is 2.48. The molecule has 2 heterocycles. The van der Waals surface area contributed by atoms with E-state index in [2.05, 4.69) is 20.2 Å². The molecule has 1 aliphatic heterocycles. The van der Waals surface area contributed by atoms with Gasteiger partial charge in [0.1, 0.15) is 23.6 Å². The number of benzene rings is 3. The number of methoxy groups -OCH3 is 1. The van der Waals surface area contributed by atoms with Crippen molar-refractivity contribution in [3.05, 3.63) is 73.1 Å². The van der Waals surface area contributed by atoms with Gasteiger partial charge in [0, 0.05) is 36.8 Å². The number of para-hydroxylation sites is 1. The largest absolute Gasteiger partial charge is 0.493 e. The van der Waals surface area contributed by atoms with E-state index in [0.29, 0.717) is 23.9 Å². The first kappa shape index (κ1) is 23.8. The van der Waals surface area contributed by atoms with Crippen molar-refractivity contribution in [3.63, 3.8) is 0 Å². The molecule has 0 aliphatic carbocycles. The van der Waals surface area contributed by atoms with Crippen molar-refractivity contribution in [1.29, 1.82) is 0 Å². The van der Waals surface area contributed by atoms with E-state index in [1.807, 2.05) is 66.7 Å². The highest BCUT2D eigenvalue weighted by molar-refractivity contribution is 5.93. The Bertz CT molecular complexity index is 1260. The minimum Gasteiger partial charge on any atom is -0.493 e. The van der Waals surface area contributed by atoms with Crippen LogP contribution >= 0.6 is 0 Å². The first-order chi connectivity index (χ1) is 17.8. The molecule has 1 fully saturated rings. The molecule has 0 radical (unpaired) electrons. The van der Waals surface area contributed by atoms with E-state index in [-0.39, 0.29) is 0 Å². The van der Waals surface area contributed by atoms with Gasteiger partial charge in [-0.2, -0.15) is 0 Å². The predicted molar refractivity (Wildman–Crippen MR) is 140 cm³/mol. The Morgan fingerprint density at radius 2 is 1.69 bits per heavy atom. The number of fused-ring (bicyclic) bond motifs is 1. The van der Waals surface area contributed by atoms with E-state index < -0.39 is 0 Å². The molecule has 0 spiro atoms. The second kappa shape index (κ2) is 11.7. The highest BCUT2D eigenvalue weighted by Gasteiger charge is 2.13. The van der Waals surface area contributed by atoms with E-state index in [0.717, 1.165) is 67.4 Å². The van der Waals surface area contributed by atoms with Crippen LogP contribution in [0, 0.1) is 0 Å². The quantitative estimate of drug-likeness (QED) is 0.304. The van der Waals surface area contributed by atoms with E-state index in [9.17, 15) is 0 Å². The monoisotopic (exact) mass is 486 g/mol. The van der Waals surface area contributed by atoms with Crippen LogP contribution in [0.15, 0.2) is 73.1 Å². The molecule has 1 N–H and O–H groups in total. The summed E-state index contributed by atoms with van der Waals surface area (Å²) in [7, 11) is 1.64. The molecule has 5 rings (SSSR count). The van der Waals surface area contributed by atoms with E-state index in [1.165, 1.54) is 0 Å². The van der Waals surface area contributed by atoms with Gasteiger partial charge in [-0.1, -0.05) is 18.2 Å². The molecule has 3 aromatic carbocycles. The van der Waals surface area contributed by atoms with Crippen molar-refractivity contribution in [2.24, 2.45) is 0 Å². The molecule has 0 amide bonds. The summed E-state index contributed by atoms with van der Waals surface area (Å²) in [5.74, 6) is 3.58. The maximum absolute atomic E-state index is 6.07. The van der Waals surface area contributed by atoms with Crippen molar-refractivity contribution < 1.29 is 18.9 Å². The molecule has 0 unspecified atom stereocenters. The predicted octanol–water partition coefficient (Wildman–Crippen LogP) is 5.28. The third-order valence-corrected chi connectivity index (χ3v) is 6.00. The molecule has 8 nitrogen and oxygen atoms in total. The van der Waals surface area contributed by atoms with Crippen LogP contribution in [0.25, 0.3) is 10.9 Å². The van der Waals surface area contributed by atoms with Gasteiger partial charge in [-0.25, -0.2) is 9.97 Å². The van der Waals surface area contributed by atoms with Crippen LogP contribution in [0.3, 0.4) is 0 Å². The lowest BCUT2D eigenvalue weighted by molar-refractivity contribution is 0.0357. The molecule has 0 bridgehead atoms. The van der Waals surface area contributed by atoms with Crippen molar-refractivity contribution in [2.45, 2.75) is 6.42 Å². The number of hydrogen-bond donors (Lipinski definition) is 1. The maximum atomic E-state index is 6.07. The Morgan fingerprint density at radius 3 is 2.47 bits per heavy atom. The van der Waals surface area contributed by atoms with Crippen LogP contribution in [0.4, 0.5) is 11.5 Å². The fraction of sp³-hybridized carbons (Fsp3) is 0.286. The summed E-state index contributed by atoms with van der Waals surface area (Å²) in [5.41, 5.74) is 1.67. The topological polar surface area (TPSA) is 78.0 Å². The fourth-order valence-corrected chi connectivity index (χ4v) is 4.10. The van der Waals surface area contributed by atoms with Crippen LogP contribution in [0.5, 0.6) is 23.0 Å². The lowest BCUT2D eigenvalue weighted by atomic mass is 10.2. The molecule has 0 atom stereocenters. The summed E-state index contributed by atoms with van der Waals surface area (Å²) in [6, 6.07) is 21.3. The third kappa shape index (κ3) is 6.02. The van der Waals surface area contributed by atoms with Crippen LogP contribution in [0.2, 0.25) is 0 Å². The smallest absolute Gasteiger partial charge is 0.163 e. The number of ether oxygens (including phenoxy) is 4. The fourth-order valence-electron chi connectivity index (χ4n) is 4.10. The Hall–Kier alpha value is -3.88. The summed E-state index contributed by atoms with van der Waals surface area (Å²) in [4.78, 5) is 11.3. The van der Waals surface area contributed by atoms with Gasteiger partial charge in [-0.05, 0) is 48.9 Å². The molecule has 1 aromatic heterocycles. The Labute approximate surface area is 210 Å².